The molecule has 5 nitrogen and oxygen atoms in total. The summed E-state index contributed by atoms with van der Waals surface area (Å²) in [4.78, 5) is 25.1. The Balaban J connectivity index is 1.32. The number of aromatic amines is 1. The summed E-state index contributed by atoms with van der Waals surface area (Å²) in [5.41, 5.74) is 3.37. The van der Waals surface area contributed by atoms with Gasteiger partial charge in [0.25, 0.3) is 0 Å². The summed E-state index contributed by atoms with van der Waals surface area (Å²) in [5.74, 6) is 1.33. The Morgan fingerprint density at radius 3 is 2.84 bits per heavy atom. The zero-order valence-electron chi connectivity index (χ0n) is 15.1. The predicted molar refractivity (Wildman–Crippen MR) is 99.6 cm³/mol. The van der Waals surface area contributed by atoms with E-state index in [0.29, 0.717) is 18.5 Å². The van der Waals surface area contributed by atoms with Crippen LogP contribution in [0, 0.1) is 6.92 Å². The van der Waals surface area contributed by atoms with E-state index < -0.39 is 0 Å². The Bertz CT molecular complexity index is 747. The summed E-state index contributed by atoms with van der Waals surface area (Å²) in [5, 5.41) is 0. The van der Waals surface area contributed by atoms with Crippen molar-refractivity contribution in [1.29, 1.82) is 0 Å². The molecule has 2 fully saturated rings. The van der Waals surface area contributed by atoms with Gasteiger partial charge in [0.05, 0.1) is 17.6 Å². The minimum absolute atomic E-state index is 0.318. The second kappa shape index (κ2) is 7.16. The summed E-state index contributed by atoms with van der Waals surface area (Å²) in [6.07, 6.45) is 7.16. The van der Waals surface area contributed by atoms with Crippen molar-refractivity contribution in [1.82, 2.24) is 19.8 Å². The summed E-state index contributed by atoms with van der Waals surface area (Å²) in [6.45, 7) is 5.43. The van der Waals surface area contributed by atoms with Crippen LogP contribution < -0.4 is 0 Å². The molecule has 5 heteroatoms. The third-order valence-corrected chi connectivity index (χ3v) is 5.70. The fourth-order valence-electron chi connectivity index (χ4n) is 4.26. The van der Waals surface area contributed by atoms with Crippen LogP contribution in [0.4, 0.5) is 0 Å². The van der Waals surface area contributed by atoms with Crippen LogP contribution >= 0.6 is 0 Å². The molecule has 1 aromatic heterocycles. The molecule has 2 aliphatic rings. The maximum absolute atomic E-state index is 12.6. The molecule has 0 radical (unpaired) electrons. The van der Waals surface area contributed by atoms with Crippen LogP contribution in [0.3, 0.4) is 0 Å². The van der Waals surface area contributed by atoms with Gasteiger partial charge in [-0.15, -0.1) is 0 Å². The third kappa shape index (κ3) is 3.71. The molecule has 1 saturated heterocycles. The van der Waals surface area contributed by atoms with Gasteiger partial charge in [0, 0.05) is 32.1 Å². The number of carbonyl (C=O) groups is 1. The van der Waals surface area contributed by atoms with E-state index in [1.807, 2.05) is 0 Å². The monoisotopic (exact) mass is 340 g/mol. The van der Waals surface area contributed by atoms with Crippen LogP contribution in [-0.4, -0.2) is 57.9 Å². The van der Waals surface area contributed by atoms with Crippen molar-refractivity contribution in [3.8, 4) is 0 Å². The molecule has 0 spiro atoms. The maximum Gasteiger partial charge on any atom is 0.237 e. The van der Waals surface area contributed by atoms with Gasteiger partial charge in [0.15, 0.2) is 0 Å². The van der Waals surface area contributed by atoms with Gasteiger partial charge in [-0.2, -0.15) is 0 Å². The van der Waals surface area contributed by atoms with Crippen LogP contribution in [0.2, 0.25) is 0 Å². The number of carbonyl (C=O) groups excluding carboxylic acids is 1. The number of benzene rings is 1. The van der Waals surface area contributed by atoms with Crippen molar-refractivity contribution in [2.45, 2.75) is 51.5 Å². The zero-order chi connectivity index (χ0) is 17.2. The molecule has 1 aliphatic carbocycles. The van der Waals surface area contributed by atoms with Crippen molar-refractivity contribution in [2.75, 3.05) is 26.2 Å². The number of piperazine rings is 1. The molecule has 134 valence electrons. The number of aromatic nitrogens is 2. The van der Waals surface area contributed by atoms with Gasteiger partial charge in [-0.25, -0.2) is 4.98 Å². The first-order valence-corrected chi connectivity index (χ1v) is 9.66. The Kier molecular flexibility index (Phi) is 4.75. The Morgan fingerprint density at radius 2 is 2.04 bits per heavy atom. The van der Waals surface area contributed by atoms with Gasteiger partial charge in [0.2, 0.25) is 5.91 Å². The van der Waals surface area contributed by atoms with Crippen LogP contribution in [-0.2, 0) is 11.2 Å². The first-order valence-electron chi connectivity index (χ1n) is 9.66. The minimum Gasteiger partial charge on any atom is -0.342 e. The molecule has 1 saturated carbocycles. The zero-order valence-corrected chi connectivity index (χ0v) is 15.1. The maximum atomic E-state index is 12.6. The van der Waals surface area contributed by atoms with E-state index in [4.69, 9.17) is 0 Å². The van der Waals surface area contributed by atoms with E-state index >= 15 is 0 Å². The van der Waals surface area contributed by atoms with Gasteiger partial charge in [-0.1, -0.05) is 25.3 Å². The van der Waals surface area contributed by atoms with Gasteiger partial charge in [0.1, 0.15) is 5.82 Å². The van der Waals surface area contributed by atoms with Crippen molar-refractivity contribution >= 4 is 16.9 Å². The SMILES string of the molecule is Cc1ccc2nc(CCN3CCN(C4CCCCC4)C(=O)C3)[nH]c2c1. The fourth-order valence-corrected chi connectivity index (χ4v) is 4.26. The molecular formula is C20H28N4O. The lowest BCUT2D eigenvalue weighted by atomic mass is 9.93. The van der Waals surface area contributed by atoms with Gasteiger partial charge in [-0.05, 0) is 37.5 Å². The highest BCUT2D eigenvalue weighted by Gasteiger charge is 2.30. The topological polar surface area (TPSA) is 52.2 Å². The smallest absolute Gasteiger partial charge is 0.237 e. The van der Waals surface area contributed by atoms with E-state index in [9.17, 15) is 4.79 Å². The van der Waals surface area contributed by atoms with Crippen LogP contribution in [0.1, 0.15) is 43.5 Å². The minimum atomic E-state index is 0.318. The molecule has 0 unspecified atom stereocenters. The number of rotatable bonds is 4. The Hall–Kier alpha value is -1.88. The summed E-state index contributed by atoms with van der Waals surface area (Å²) >= 11 is 0. The van der Waals surface area contributed by atoms with Crippen molar-refractivity contribution in [3.05, 3.63) is 29.6 Å². The van der Waals surface area contributed by atoms with Crippen molar-refractivity contribution in [2.24, 2.45) is 0 Å². The average Bonchev–Trinajstić information content (AvgIpc) is 3.03. The van der Waals surface area contributed by atoms with Crippen LogP contribution in [0.25, 0.3) is 11.0 Å². The van der Waals surface area contributed by atoms with Gasteiger partial charge < -0.3 is 9.88 Å². The number of hydrogen-bond acceptors (Lipinski definition) is 3. The molecule has 1 aromatic carbocycles. The standard InChI is InChI=1S/C20H28N4O/c1-15-7-8-17-18(13-15)22-19(21-17)9-10-23-11-12-24(20(25)14-23)16-5-3-2-4-6-16/h7-8,13,16H,2-6,9-12,14H2,1H3,(H,21,22). The second-order valence-electron chi connectivity index (χ2n) is 7.61. The van der Waals surface area contributed by atoms with Gasteiger partial charge >= 0.3 is 0 Å². The first kappa shape index (κ1) is 16.6. The van der Waals surface area contributed by atoms with E-state index in [2.05, 4.69) is 44.9 Å². The second-order valence-corrected chi connectivity index (χ2v) is 7.61. The lowest BCUT2D eigenvalue weighted by molar-refractivity contribution is -0.139. The van der Waals surface area contributed by atoms with Crippen molar-refractivity contribution in [3.63, 3.8) is 0 Å². The molecule has 1 amide bonds. The quantitative estimate of drug-likeness (QED) is 0.931. The number of H-pyrrole nitrogens is 1. The number of amides is 1. The molecule has 0 atom stereocenters. The Labute approximate surface area is 149 Å². The van der Waals surface area contributed by atoms with E-state index in [0.717, 1.165) is 42.9 Å². The lowest BCUT2D eigenvalue weighted by Crippen LogP contribution is -2.54. The van der Waals surface area contributed by atoms with E-state index in [1.54, 1.807) is 0 Å². The lowest BCUT2D eigenvalue weighted by Gasteiger charge is -2.40. The summed E-state index contributed by atoms with van der Waals surface area (Å²) in [6, 6.07) is 6.80. The highest BCUT2D eigenvalue weighted by Crippen LogP contribution is 2.24. The van der Waals surface area contributed by atoms with Crippen LogP contribution in [0.5, 0.6) is 0 Å². The first-order chi connectivity index (χ1) is 12.2. The van der Waals surface area contributed by atoms with E-state index in [1.165, 1.54) is 37.7 Å². The third-order valence-electron chi connectivity index (χ3n) is 5.70. The highest BCUT2D eigenvalue weighted by molar-refractivity contribution is 5.79. The van der Waals surface area contributed by atoms with Crippen LogP contribution in [0.15, 0.2) is 18.2 Å². The van der Waals surface area contributed by atoms with E-state index in [-0.39, 0.29) is 0 Å². The molecule has 1 aliphatic heterocycles. The Morgan fingerprint density at radius 1 is 1.20 bits per heavy atom. The number of imidazole rings is 1. The predicted octanol–water partition coefficient (Wildman–Crippen LogP) is 2.89. The molecule has 2 heterocycles. The van der Waals surface area contributed by atoms with Crippen molar-refractivity contribution < 1.29 is 4.79 Å². The molecule has 1 N–H and O–H groups in total. The molecular weight excluding hydrogens is 312 g/mol. The summed E-state index contributed by atoms with van der Waals surface area (Å²) < 4.78 is 0. The number of nitrogens with zero attached hydrogens (tertiary/aromatic N) is 3. The normalized spacial score (nSPS) is 20.5. The largest absolute Gasteiger partial charge is 0.342 e. The fraction of sp³-hybridized carbons (Fsp3) is 0.600. The molecule has 25 heavy (non-hydrogen) atoms. The number of aryl methyl sites for hydroxylation is 1. The highest BCUT2D eigenvalue weighted by atomic mass is 16.2. The molecule has 4 rings (SSSR count). The summed E-state index contributed by atoms with van der Waals surface area (Å²) in [7, 11) is 0. The average molecular weight is 340 g/mol. The molecule has 2 aromatic rings. The molecule has 0 bridgehead atoms. The van der Waals surface area contributed by atoms with Gasteiger partial charge in [-0.3, -0.25) is 9.69 Å². The number of hydrogen-bond donors (Lipinski definition) is 1. The number of fused-ring (bicyclic) bond motifs is 1. The number of nitrogens with one attached hydrogen (secondary N) is 1.